The Kier molecular flexibility index (Phi) is 5.14. The van der Waals surface area contributed by atoms with Gasteiger partial charge in [-0.2, -0.15) is 5.23 Å². The van der Waals surface area contributed by atoms with Crippen LogP contribution in [0.2, 0.25) is 0 Å². The lowest BCUT2D eigenvalue weighted by molar-refractivity contribution is -0.991. The molecule has 0 saturated heterocycles. The summed E-state index contributed by atoms with van der Waals surface area (Å²) in [6, 6.07) is 6.53. The summed E-state index contributed by atoms with van der Waals surface area (Å²) in [4.78, 5) is 0. The first kappa shape index (κ1) is 15.0. The molecular weight excluding hydrogens is 230 g/mol. The highest BCUT2D eigenvalue weighted by molar-refractivity contribution is 5.35. The van der Waals surface area contributed by atoms with E-state index in [1.165, 1.54) is 0 Å². The molecule has 1 aromatic rings. The number of hydrogen-bond donors (Lipinski definition) is 2. The Morgan fingerprint density at radius 2 is 1.83 bits per heavy atom. The highest BCUT2D eigenvalue weighted by Crippen LogP contribution is 2.24. The van der Waals surface area contributed by atoms with E-state index in [-0.39, 0.29) is 5.69 Å². The molecule has 0 aliphatic rings. The van der Waals surface area contributed by atoms with Crippen LogP contribution < -0.4 is 9.96 Å². The molecule has 0 radical (unpaired) electrons. The van der Waals surface area contributed by atoms with Crippen molar-refractivity contribution < 1.29 is 15.2 Å². The molecule has 0 heterocycles. The molecule has 0 aliphatic carbocycles. The first-order chi connectivity index (χ1) is 8.28. The van der Waals surface area contributed by atoms with Gasteiger partial charge in [-0.25, -0.2) is 5.21 Å². The third-order valence-electron chi connectivity index (χ3n) is 2.60. The van der Waals surface area contributed by atoms with Gasteiger partial charge in [0.1, 0.15) is 5.75 Å². The average molecular weight is 253 g/mol. The van der Waals surface area contributed by atoms with Crippen molar-refractivity contribution in [2.45, 2.75) is 34.1 Å². The topological polar surface area (TPSA) is 57.0 Å². The molecule has 0 bridgehead atoms. The van der Waals surface area contributed by atoms with Crippen LogP contribution in [0.4, 0.5) is 5.69 Å². The van der Waals surface area contributed by atoms with Gasteiger partial charge in [-0.15, -0.1) is 0 Å². The second-order valence-electron chi connectivity index (χ2n) is 6.01. The van der Waals surface area contributed by atoms with E-state index in [9.17, 15) is 5.21 Å². The highest BCUT2D eigenvalue weighted by atomic mass is 16.8. The van der Waals surface area contributed by atoms with Crippen LogP contribution in [0.1, 0.15) is 34.1 Å². The number of nitrogens with one attached hydrogen (secondary N) is 1. The Balaban J connectivity index is 2.44. The number of quaternary nitrogens is 1. The molecular formula is C14H23NO3. The third kappa shape index (κ3) is 5.49. The molecule has 1 aromatic carbocycles. The largest absolute Gasteiger partial charge is 0.595 e. The number of hydrogen-bond acceptors (Lipinski definition) is 3. The monoisotopic (exact) mass is 253 g/mol. The van der Waals surface area contributed by atoms with Crippen molar-refractivity contribution in [1.82, 2.24) is 0 Å². The Morgan fingerprint density at radius 3 is 2.28 bits per heavy atom. The Hall–Kier alpha value is -1.10. The first-order valence-electron chi connectivity index (χ1n) is 6.24. The standard InChI is InChI=1S/C14H23NO3/c1-11(9-14(2,3)4)10-18-13-7-5-12(6-8-13)15(16)17/h5-8,11,15-16H,9-10H2,1-4H3/t11-/m0/s1. The van der Waals surface area contributed by atoms with E-state index < -0.39 is 5.23 Å². The van der Waals surface area contributed by atoms with Gasteiger partial charge in [0.25, 0.3) is 0 Å². The molecule has 18 heavy (non-hydrogen) atoms. The van der Waals surface area contributed by atoms with E-state index in [1.54, 1.807) is 24.3 Å². The van der Waals surface area contributed by atoms with Crippen LogP contribution in [-0.2, 0) is 0 Å². The summed E-state index contributed by atoms with van der Waals surface area (Å²) in [7, 11) is 0. The maximum absolute atomic E-state index is 10.7. The molecule has 0 aromatic heterocycles. The minimum Gasteiger partial charge on any atom is -0.595 e. The molecule has 0 fully saturated rings. The third-order valence-corrected chi connectivity index (χ3v) is 2.60. The quantitative estimate of drug-likeness (QED) is 0.793. The molecule has 0 amide bonds. The molecule has 2 N–H and O–H groups in total. The van der Waals surface area contributed by atoms with Crippen LogP contribution >= 0.6 is 0 Å². The van der Waals surface area contributed by atoms with Crippen LogP contribution in [0.3, 0.4) is 0 Å². The van der Waals surface area contributed by atoms with Crippen molar-refractivity contribution >= 4 is 5.69 Å². The van der Waals surface area contributed by atoms with Crippen LogP contribution in [0, 0.1) is 16.5 Å². The lowest BCUT2D eigenvalue weighted by Crippen LogP contribution is -2.99. The number of rotatable bonds is 5. The summed E-state index contributed by atoms with van der Waals surface area (Å²) in [5.41, 5.74) is 0.584. The van der Waals surface area contributed by atoms with E-state index in [0.29, 0.717) is 17.9 Å². The molecule has 0 spiro atoms. The van der Waals surface area contributed by atoms with Gasteiger partial charge in [0.15, 0.2) is 5.69 Å². The maximum atomic E-state index is 10.7. The van der Waals surface area contributed by atoms with Crippen molar-refractivity contribution in [2.24, 2.45) is 11.3 Å². The maximum Gasteiger partial charge on any atom is 0.164 e. The molecule has 4 nitrogen and oxygen atoms in total. The molecule has 0 saturated carbocycles. The SMILES string of the molecule is C[C@H](COc1ccc([NH+]([O-])O)cc1)CC(C)(C)C. The summed E-state index contributed by atoms with van der Waals surface area (Å²) in [5, 5.41) is 18.6. The van der Waals surface area contributed by atoms with Gasteiger partial charge in [0, 0.05) is 12.1 Å². The molecule has 2 atom stereocenters. The predicted molar refractivity (Wildman–Crippen MR) is 70.9 cm³/mol. The minimum absolute atomic E-state index is 0.282. The summed E-state index contributed by atoms with van der Waals surface area (Å²) >= 11 is 0. The molecule has 4 heteroatoms. The van der Waals surface area contributed by atoms with Crippen molar-refractivity contribution in [3.8, 4) is 5.75 Å². The zero-order valence-corrected chi connectivity index (χ0v) is 11.6. The zero-order valence-electron chi connectivity index (χ0n) is 11.6. The van der Waals surface area contributed by atoms with Gasteiger partial charge in [0.05, 0.1) is 6.61 Å². The summed E-state index contributed by atoms with van der Waals surface area (Å²) in [5.74, 6) is 1.20. The van der Waals surface area contributed by atoms with Gasteiger partial charge >= 0.3 is 0 Å². The van der Waals surface area contributed by atoms with Crippen LogP contribution in [-0.4, -0.2) is 11.8 Å². The van der Waals surface area contributed by atoms with Gasteiger partial charge in [-0.3, -0.25) is 0 Å². The Morgan fingerprint density at radius 1 is 1.28 bits per heavy atom. The average Bonchev–Trinajstić information content (AvgIpc) is 2.24. The van der Waals surface area contributed by atoms with Crippen molar-refractivity contribution in [3.05, 3.63) is 29.5 Å². The molecule has 0 aliphatic heterocycles. The van der Waals surface area contributed by atoms with Gasteiger partial charge in [-0.1, -0.05) is 27.7 Å². The normalized spacial score (nSPS) is 15.2. The van der Waals surface area contributed by atoms with E-state index in [0.717, 1.165) is 12.2 Å². The highest BCUT2D eigenvalue weighted by Gasteiger charge is 2.15. The van der Waals surface area contributed by atoms with Gasteiger partial charge < -0.3 is 9.94 Å². The second-order valence-corrected chi connectivity index (χ2v) is 6.01. The van der Waals surface area contributed by atoms with Crippen LogP contribution in [0.15, 0.2) is 24.3 Å². The molecule has 1 rings (SSSR count). The van der Waals surface area contributed by atoms with E-state index in [2.05, 4.69) is 27.7 Å². The lowest BCUT2D eigenvalue weighted by atomic mass is 9.86. The first-order valence-corrected chi connectivity index (χ1v) is 6.24. The number of ether oxygens (including phenoxy) is 1. The van der Waals surface area contributed by atoms with E-state index >= 15 is 0 Å². The van der Waals surface area contributed by atoms with Crippen molar-refractivity contribution in [1.29, 1.82) is 0 Å². The summed E-state index contributed by atoms with van der Waals surface area (Å²) in [6.45, 7) is 9.46. The second kappa shape index (κ2) is 6.18. The van der Waals surface area contributed by atoms with Crippen molar-refractivity contribution in [3.63, 3.8) is 0 Å². The minimum atomic E-state index is -0.914. The Labute approximate surface area is 109 Å². The fraction of sp³-hybridized carbons (Fsp3) is 0.571. The predicted octanol–water partition coefficient (Wildman–Crippen LogP) is 2.54. The molecule has 102 valence electrons. The van der Waals surface area contributed by atoms with E-state index in [1.807, 2.05) is 0 Å². The zero-order chi connectivity index (χ0) is 13.8. The van der Waals surface area contributed by atoms with Crippen molar-refractivity contribution in [2.75, 3.05) is 6.61 Å². The fourth-order valence-electron chi connectivity index (χ4n) is 2.04. The van der Waals surface area contributed by atoms with Gasteiger partial charge in [-0.05, 0) is 29.9 Å². The fourth-order valence-corrected chi connectivity index (χ4v) is 2.04. The summed E-state index contributed by atoms with van der Waals surface area (Å²) in [6.07, 6.45) is 1.10. The Bertz CT molecular complexity index is 354. The smallest absolute Gasteiger partial charge is 0.164 e. The van der Waals surface area contributed by atoms with Gasteiger partial charge in [0.2, 0.25) is 0 Å². The summed E-state index contributed by atoms with van der Waals surface area (Å²) < 4.78 is 5.66. The van der Waals surface area contributed by atoms with E-state index in [4.69, 9.17) is 9.94 Å². The lowest BCUT2D eigenvalue weighted by Gasteiger charge is -2.23. The molecule has 1 unspecified atom stereocenters. The number of benzene rings is 1. The van der Waals surface area contributed by atoms with Crippen LogP contribution in [0.5, 0.6) is 5.75 Å². The van der Waals surface area contributed by atoms with Crippen LogP contribution in [0.25, 0.3) is 0 Å².